The topological polar surface area (TPSA) is 55.8 Å². The van der Waals surface area contributed by atoms with Crippen LogP contribution in [0.2, 0.25) is 0 Å². The van der Waals surface area contributed by atoms with Gasteiger partial charge in [-0.15, -0.1) is 6.58 Å². The van der Waals surface area contributed by atoms with Crippen LogP contribution in [0.4, 0.5) is 0 Å². The van der Waals surface area contributed by atoms with Gasteiger partial charge in [-0.3, -0.25) is 4.79 Å². The van der Waals surface area contributed by atoms with Crippen molar-refractivity contribution in [1.82, 2.24) is 0 Å². The Balaban J connectivity index is 2.38. The number of fused-ring (bicyclic) bond motifs is 1. The molecule has 2 aliphatic carbocycles. The molecule has 0 aromatic rings. The molecule has 0 spiro atoms. The van der Waals surface area contributed by atoms with Gasteiger partial charge in [0.1, 0.15) is 6.79 Å². The Morgan fingerprint density at radius 1 is 1.57 bits per heavy atom. The molecule has 0 saturated heterocycles. The number of aliphatic hydroxyl groups is 1. The van der Waals surface area contributed by atoms with E-state index in [1.807, 2.05) is 13.0 Å². The van der Waals surface area contributed by atoms with E-state index in [0.717, 1.165) is 5.57 Å². The van der Waals surface area contributed by atoms with Crippen LogP contribution in [0.3, 0.4) is 0 Å². The number of rotatable bonds is 6. The van der Waals surface area contributed by atoms with Gasteiger partial charge in [0.05, 0.1) is 12.7 Å². The fourth-order valence-electron chi connectivity index (χ4n) is 4.08. The third kappa shape index (κ3) is 2.72. The minimum absolute atomic E-state index is 0.0319. The van der Waals surface area contributed by atoms with Gasteiger partial charge in [-0.05, 0) is 24.8 Å². The highest BCUT2D eigenvalue weighted by atomic mass is 16.7. The van der Waals surface area contributed by atoms with Gasteiger partial charge in [-0.25, -0.2) is 0 Å². The highest BCUT2D eigenvalue weighted by molar-refractivity contribution is 5.95. The Bertz CT molecular complexity index is 456. The van der Waals surface area contributed by atoms with E-state index in [1.165, 1.54) is 0 Å². The molecule has 4 nitrogen and oxygen atoms in total. The van der Waals surface area contributed by atoms with Gasteiger partial charge >= 0.3 is 0 Å². The minimum Gasteiger partial charge on any atom is -0.393 e. The summed E-state index contributed by atoms with van der Waals surface area (Å²) in [6.07, 6.45) is 5.00. The van der Waals surface area contributed by atoms with E-state index in [4.69, 9.17) is 9.47 Å². The number of allylic oxidation sites excluding steroid dienone is 2. The second-order valence-corrected chi connectivity index (χ2v) is 6.71. The lowest BCUT2D eigenvalue weighted by molar-refractivity contribution is -0.117. The molecule has 2 rings (SSSR count). The molecule has 0 unspecified atom stereocenters. The highest BCUT2D eigenvalue weighted by Gasteiger charge is 2.56. The summed E-state index contributed by atoms with van der Waals surface area (Å²) in [5, 5.41) is 10.5. The lowest BCUT2D eigenvalue weighted by atomic mass is 9.54. The summed E-state index contributed by atoms with van der Waals surface area (Å²) in [5.74, 6) is 0.176. The van der Waals surface area contributed by atoms with E-state index in [0.29, 0.717) is 25.9 Å². The molecule has 0 amide bonds. The van der Waals surface area contributed by atoms with Gasteiger partial charge in [0.2, 0.25) is 0 Å². The summed E-state index contributed by atoms with van der Waals surface area (Å²) >= 11 is 0. The van der Waals surface area contributed by atoms with Gasteiger partial charge in [0.25, 0.3) is 0 Å². The monoisotopic (exact) mass is 294 g/mol. The molecule has 118 valence electrons. The zero-order valence-corrected chi connectivity index (χ0v) is 13.2. The van der Waals surface area contributed by atoms with Crippen LogP contribution in [0.25, 0.3) is 0 Å². The first kappa shape index (κ1) is 16.4. The molecule has 2 aliphatic rings. The second-order valence-electron chi connectivity index (χ2n) is 6.71. The normalized spacial score (nSPS) is 39.0. The molecule has 0 aromatic carbocycles. The third-order valence-electron chi connectivity index (χ3n) is 5.32. The number of ketones is 1. The maximum absolute atomic E-state index is 12.1. The zero-order valence-electron chi connectivity index (χ0n) is 13.2. The molecule has 0 aliphatic heterocycles. The predicted octanol–water partition coefficient (Wildman–Crippen LogP) is 2.48. The van der Waals surface area contributed by atoms with Crippen LogP contribution in [-0.2, 0) is 14.3 Å². The molecule has 0 aromatic heterocycles. The summed E-state index contributed by atoms with van der Waals surface area (Å²) < 4.78 is 10.6. The maximum Gasteiger partial charge on any atom is 0.156 e. The summed E-state index contributed by atoms with van der Waals surface area (Å²) in [5.41, 5.74) is 0.482. The van der Waals surface area contributed by atoms with Crippen molar-refractivity contribution < 1.29 is 19.4 Å². The van der Waals surface area contributed by atoms with Crippen molar-refractivity contribution >= 4 is 5.78 Å². The number of hydrogen-bond acceptors (Lipinski definition) is 4. The molecule has 0 heterocycles. The van der Waals surface area contributed by atoms with Crippen molar-refractivity contribution in [3.8, 4) is 0 Å². The largest absolute Gasteiger partial charge is 0.393 e. The fourth-order valence-corrected chi connectivity index (χ4v) is 4.08. The molecule has 0 bridgehead atoms. The van der Waals surface area contributed by atoms with E-state index < -0.39 is 6.10 Å². The Labute approximate surface area is 126 Å². The average Bonchev–Trinajstić information content (AvgIpc) is 2.74. The Hall–Kier alpha value is -0.970. The van der Waals surface area contributed by atoms with Gasteiger partial charge in [0.15, 0.2) is 5.78 Å². The Morgan fingerprint density at radius 2 is 2.29 bits per heavy atom. The zero-order chi connectivity index (χ0) is 15.7. The van der Waals surface area contributed by atoms with Crippen LogP contribution in [0, 0.1) is 16.7 Å². The van der Waals surface area contributed by atoms with Gasteiger partial charge in [0, 0.05) is 24.4 Å². The Morgan fingerprint density at radius 3 is 2.90 bits per heavy atom. The molecule has 4 heteroatoms. The van der Waals surface area contributed by atoms with Gasteiger partial charge < -0.3 is 14.6 Å². The van der Waals surface area contributed by atoms with Crippen molar-refractivity contribution in [3.63, 3.8) is 0 Å². The Kier molecular flexibility index (Phi) is 4.71. The van der Waals surface area contributed by atoms with E-state index in [2.05, 4.69) is 13.5 Å². The number of hydrogen-bond donors (Lipinski definition) is 1. The third-order valence-corrected chi connectivity index (χ3v) is 5.32. The average molecular weight is 294 g/mol. The van der Waals surface area contributed by atoms with Crippen molar-refractivity contribution in [2.45, 2.75) is 39.2 Å². The number of carbonyl (C=O) groups is 1. The molecular formula is C17H26O4. The van der Waals surface area contributed by atoms with Crippen LogP contribution in [0.1, 0.15) is 33.1 Å². The maximum atomic E-state index is 12.1. The number of ether oxygens (including phenoxy) is 2. The molecule has 21 heavy (non-hydrogen) atoms. The smallest absolute Gasteiger partial charge is 0.156 e. The van der Waals surface area contributed by atoms with E-state index in [9.17, 15) is 9.90 Å². The summed E-state index contributed by atoms with van der Waals surface area (Å²) in [7, 11) is 1.59. The first-order valence-electron chi connectivity index (χ1n) is 7.51. The summed E-state index contributed by atoms with van der Waals surface area (Å²) in [6.45, 7) is 8.60. The molecular weight excluding hydrogens is 268 g/mol. The van der Waals surface area contributed by atoms with Gasteiger partial charge in [-0.2, -0.15) is 0 Å². The van der Waals surface area contributed by atoms with Crippen LogP contribution in [0.15, 0.2) is 24.3 Å². The van der Waals surface area contributed by atoms with E-state index >= 15 is 0 Å². The first-order valence-corrected chi connectivity index (χ1v) is 7.51. The van der Waals surface area contributed by atoms with Gasteiger partial charge in [-0.1, -0.05) is 25.5 Å². The SMILES string of the molecule is C=CC[C@@]12CC(=O)C=C1[C@@](C)(COCOC)[C@@H](C)[C@H](O)C2. The van der Waals surface area contributed by atoms with Crippen molar-refractivity contribution in [1.29, 1.82) is 0 Å². The number of aliphatic hydroxyl groups excluding tert-OH is 1. The molecule has 4 atom stereocenters. The van der Waals surface area contributed by atoms with Crippen LogP contribution < -0.4 is 0 Å². The first-order chi connectivity index (χ1) is 9.89. The van der Waals surface area contributed by atoms with E-state index in [-0.39, 0.29) is 29.3 Å². The summed E-state index contributed by atoms with van der Waals surface area (Å²) in [4.78, 5) is 12.1. The molecule has 1 saturated carbocycles. The molecule has 1 fully saturated rings. The fraction of sp³-hybridized carbons (Fsp3) is 0.706. The van der Waals surface area contributed by atoms with Crippen molar-refractivity contribution in [2.75, 3.05) is 20.5 Å². The molecule has 1 N–H and O–H groups in total. The van der Waals surface area contributed by atoms with Crippen molar-refractivity contribution in [2.24, 2.45) is 16.7 Å². The molecule has 0 radical (unpaired) electrons. The van der Waals surface area contributed by atoms with E-state index in [1.54, 1.807) is 13.2 Å². The number of methoxy groups -OCH3 is 1. The summed E-state index contributed by atoms with van der Waals surface area (Å²) in [6, 6.07) is 0. The van der Waals surface area contributed by atoms with Crippen LogP contribution in [0.5, 0.6) is 0 Å². The lowest BCUT2D eigenvalue weighted by Crippen LogP contribution is -2.50. The standard InChI is InChI=1S/C17H26O4/c1-5-6-17-8-13(18)7-15(17)16(3,10-21-11-20-4)12(2)14(19)9-17/h5,7,12,14,19H,1,6,8-11H2,2-4H3/t12-,14+,16-,17-/m0/s1. The van der Waals surface area contributed by atoms with Crippen molar-refractivity contribution in [3.05, 3.63) is 24.3 Å². The second kappa shape index (κ2) is 6.03. The van der Waals surface area contributed by atoms with Crippen LogP contribution in [-0.4, -0.2) is 37.5 Å². The lowest BCUT2D eigenvalue weighted by Gasteiger charge is -2.52. The highest BCUT2D eigenvalue weighted by Crippen LogP contribution is 2.59. The minimum atomic E-state index is -0.441. The quantitative estimate of drug-likeness (QED) is 0.464. The predicted molar refractivity (Wildman–Crippen MR) is 80.7 cm³/mol. The van der Waals surface area contributed by atoms with Crippen LogP contribution >= 0.6 is 0 Å². The number of carbonyl (C=O) groups excluding carboxylic acids is 1.